The molecule has 2 aromatic carbocycles. The number of benzene rings is 2. The maximum Gasteiger partial charge on any atom is 0.387 e. The van der Waals surface area contributed by atoms with Crippen molar-refractivity contribution in [2.75, 3.05) is 10.6 Å². The molecule has 0 saturated carbocycles. The minimum absolute atomic E-state index is 0.0554. The second-order valence-corrected chi connectivity index (χ2v) is 7.53. The molecule has 2 heterocycles. The lowest BCUT2D eigenvalue weighted by atomic mass is 10.2. The van der Waals surface area contributed by atoms with Crippen LogP contribution in [-0.4, -0.2) is 32.4 Å². The summed E-state index contributed by atoms with van der Waals surface area (Å²) in [5.74, 6) is 1.37. The van der Waals surface area contributed by atoms with Gasteiger partial charge in [0, 0.05) is 29.2 Å². The molecule has 0 aliphatic rings. The van der Waals surface area contributed by atoms with Gasteiger partial charge in [-0.3, -0.25) is 0 Å². The maximum absolute atomic E-state index is 12.4. The van der Waals surface area contributed by atoms with E-state index in [1.54, 1.807) is 41.1 Å². The third-order valence-electron chi connectivity index (χ3n) is 5.15. The first-order chi connectivity index (χ1) is 16.8. The number of carbonyl (C=O) groups is 1. The molecule has 4 aromatic rings. The number of amides is 2. The Bertz CT molecular complexity index is 1340. The molecule has 2 N–H and O–H groups in total. The van der Waals surface area contributed by atoms with Crippen LogP contribution in [0.2, 0.25) is 0 Å². The van der Waals surface area contributed by atoms with E-state index in [0.717, 1.165) is 17.0 Å². The highest BCUT2D eigenvalue weighted by Crippen LogP contribution is 2.24. The summed E-state index contributed by atoms with van der Waals surface area (Å²) >= 11 is 0. The van der Waals surface area contributed by atoms with E-state index >= 15 is 0 Å². The number of alkyl halides is 2. The molecule has 0 fully saturated rings. The molecular formula is C24H22F2N6O3. The highest BCUT2D eigenvalue weighted by atomic mass is 19.3. The fraction of sp³-hybridized carbons (Fsp3) is 0.167. The van der Waals surface area contributed by atoms with Gasteiger partial charge in [-0.2, -0.15) is 13.9 Å². The Morgan fingerprint density at radius 1 is 0.943 bits per heavy atom. The van der Waals surface area contributed by atoms with Gasteiger partial charge in [0.15, 0.2) is 5.82 Å². The van der Waals surface area contributed by atoms with Gasteiger partial charge in [-0.25, -0.2) is 19.4 Å². The van der Waals surface area contributed by atoms with Crippen LogP contribution < -0.4 is 20.1 Å². The number of carbonyl (C=O) groups excluding carboxylic acids is 1. The summed E-state index contributed by atoms with van der Waals surface area (Å²) in [5, 5.41) is 9.71. The second kappa shape index (κ2) is 10.2. The van der Waals surface area contributed by atoms with Crippen LogP contribution in [0, 0.1) is 20.8 Å². The average molecular weight is 480 g/mol. The van der Waals surface area contributed by atoms with E-state index in [4.69, 9.17) is 4.74 Å². The lowest BCUT2D eigenvalue weighted by Crippen LogP contribution is -2.19. The van der Waals surface area contributed by atoms with Gasteiger partial charge in [0.25, 0.3) is 0 Å². The van der Waals surface area contributed by atoms with Crippen LogP contribution in [0.15, 0.2) is 60.9 Å². The molecule has 2 aromatic heterocycles. The molecular weight excluding hydrogens is 458 g/mol. The molecule has 9 nitrogen and oxygen atoms in total. The zero-order valence-electron chi connectivity index (χ0n) is 19.1. The lowest BCUT2D eigenvalue weighted by Gasteiger charge is -2.10. The fourth-order valence-electron chi connectivity index (χ4n) is 3.22. The first-order valence-corrected chi connectivity index (χ1v) is 10.5. The Morgan fingerprint density at radius 2 is 1.69 bits per heavy atom. The van der Waals surface area contributed by atoms with Crippen molar-refractivity contribution < 1.29 is 23.0 Å². The summed E-state index contributed by atoms with van der Waals surface area (Å²) in [4.78, 5) is 20.7. The zero-order valence-corrected chi connectivity index (χ0v) is 19.1. The number of nitrogens with one attached hydrogen (secondary N) is 2. The topological polar surface area (TPSA) is 103 Å². The van der Waals surface area contributed by atoms with Crippen LogP contribution in [0.25, 0.3) is 5.82 Å². The van der Waals surface area contributed by atoms with Gasteiger partial charge in [-0.05, 0) is 62.7 Å². The van der Waals surface area contributed by atoms with Crippen LogP contribution in [0.5, 0.6) is 17.4 Å². The maximum atomic E-state index is 12.4. The summed E-state index contributed by atoms with van der Waals surface area (Å²) < 4.78 is 36.6. The molecule has 0 aliphatic carbocycles. The Morgan fingerprint density at radius 3 is 2.37 bits per heavy atom. The molecule has 35 heavy (non-hydrogen) atoms. The molecule has 180 valence electrons. The number of hydrogen-bond acceptors (Lipinski definition) is 6. The molecule has 0 saturated heterocycles. The smallest absolute Gasteiger partial charge is 0.387 e. The first-order valence-electron chi connectivity index (χ1n) is 10.5. The normalized spacial score (nSPS) is 10.8. The van der Waals surface area contributed by atoms with E-state index in [1.807, 2.05) is 20.8 Å². The van der Waals surface area contributed by atoms with Crippen molar-refractivity contribution >= 4 is 17.4 Å². The SMILES string of the molecule is Cc1nn(-c2cc(Oc3ccc(NC(=O)Nc4cccc(OC(F)F)c4)cc3)ncn2)c(C)c1C. The van der Waals surface area contributed by atoms with Crippen molar-refractivity contribution in [2.45, 2.75) is 27.4 Å². The molecule has 0 unspecified atom stereocenters. The molecule has 0 atom stereocenters. The summed E-state index contributed by atoms with van der Waals surface area (Å²) in [5.41, 5.74) is 3.79. The molecule has 4 rings (SSSR count). The van der Waals surface area contributed by atoms with E-state index in [2.05, 4.69) is 30.4 Å². The number of halogens is 2. The largest absolute Gasteiger partial charge is 0.439 e. The van der Waals surface area contributed by atoms with Crippen LogP contribution in [0.3, 0.4) is 0 Å². The van der Waals surface area contributed by atoms with E-state index in [1.165, 1.54) is 24.5 Å². The minimum Gasteiger partial charge on any atom is -0.439 e. The minimum atomic E-state index is -2.95. The number of aromatic nitrogens is 4. The standard InChI is InChI=1S/C24H22F2N6O3/c1-14-15(2)31-32(16(14)3)21-12-22(28-13-27-21)34-19-9-7-17(8-10-19)29-24(33)30-18-5-4-6-20(11-18)35-23(25)26/h4-13,23H,1-3H3,(H2,29,30,33). The number of nitrogens with zero attached hydrogens (tertiary/aromatic N) is 4. The van der Waals surface area contributed by atoms with Crippen LogP contribution in [-0.2, 0) is 0 Å². The molecule has 0 spiro atoms. The Labute approximate surface area is 199 Å². The van der Waals surface area contributed by atoms with Gasteiger partial charge in [-0.15, -0.1) is 0 Å². The first kappa shape index (κ1) is 23.6. The monoisotopic (exact) mass is 480 g/mol. The van der Waals surface area contributed by atoms with E-state index in [-0.39, 0.29) is 5.75 Å². The number of urea groups is 1. The van der Waals surface area contributed by atoms with Crippen molar-refractivity contribution in [3.05, 3.63) is 77.9 Å². The summed E-state index contributed by atoms with van der Waals surface area (Å²) in [6.07, 6.45) is 1.40. The molecule has 0 aliphatic heterocycles. The predicted octanol–water partition coefficient (Wildman–Crippen LogP) is 5.63. The van der Waals surface area contributed by atoms with Crippen molar-refractivity contribution in [1.29, 1.82) is 0 Å². The summed E-state index contributed by atoms with van der Waals surface area (Å²) in [7, 11) is 0. The van der Waals surface area contributed by atoms with Crippen molar-refractivity contribution in [3.63, 3.8) is 0 Å². The van der Waals surface area contributed by atoms with Gasteiger partial charge in [0.2, 0.25) is 5.88 Å². The highest BCUT2D eigenvalue weighted by Gasteiger charge is 2.12. The Balaban J connectivity index is 1.38. The molecule has 0 bridgehead atoms. The van der Waals surface area contributed by atoms with Gasteiger partial charge in [0.1, 0.15) is 17.8 Å². The lowest BCUT2D eigenvalue weighted by molar-refractivity contribution is -0.0498. The van der Waals surface area contributed by atoms with Gasteiger partial charge >= 0.3 is 12.6 Å². The summed E-state index contributed by atoms with van der Waals surface area (Å²) in [6.45, 7) is 2.96. The molecule has 11 heteroatoms. The number of aryl methyl sites for hydroxylation is 1. The van der Waals surface area contributed by atoms with Gasteiger partial charge in [0.05, 0.1) is 5.69 Å². The van der Waals surface area contributed by atoms with Crippen LogP contribution in [0.4, 0.5) is 25.0 Å². The van der Waals surface area contributed by atoms with Crippen molar-refractivity contribution in [2.24, 2.45) is 0 Å². The summed E-state index contributed by atoms with van der Waals surface area (Å²) in [6, 6.07) is 13.5. The number of ether oxygens (including phenoxy) is 2. The van der Waals surface area contributed by atoms with Gasteiger partial charge in [-0.1, -0.05) is 6.07 Å². The fourth-order valence-corrected chi connectivity index (χ4v) is 3.22. The zero-order chi connectivity index (χ0) is 24.9. The van der Waals surface area contributed by atoms with E-state index in [9.17, 15) is 13.6 Å². The Hall–Kier alpha value is -4.54. The van der Waals surface area contributed by atoms with Gasteiger partial charge < -0.3 is 20.1 Å². The predicted molar refractivity (Wildman–Crippen MR) is 126 cm³/mol. The van der Waals surface area contributed by atoms with Crippen molar-refractivity contribution in [1.82, 2.24) is 19.7 Å². The number of anilines is 2. The van der Waals surface area contributed by atoms with Crippen LogP contribution >= 0.6 is 0 Å². The molecule has 2 amide bonds. The Kier molecular flexibility index (Phi) is 6.86. The van der Waals surface area contributed by atoms with E-state index in [0.29, 0.717) is 28.8 Å². The number of rotatable bonds is 7. The number of hydrogen-bond donors (Lipinski definition) is 2. The molecule has 0 radical (unpaired) electrons. The highest BCUT2D eigenvalue weighted by molar-refractivity contribution is 5.99. The third kappa shape index (κ3) is 5.88. The van der Waals surface area contributed by atoms with E-state index < -0.39 is 12.6 Å². The van der Waals surface area contributed by atoms with Crippen molar-refractivity contribution in [3.8, 4) is 23.2 Å². The van der Waals surface area contributed by atoms with Crippen LogP contribution in [0.1, 0.15) is 17.0 Å². The quantitative estimate of drug-likeness (QED) is 0.356. The second-order valence-electron chi connectivity index (χ2n) is 7.53. The average Bonchev–Trinajstić information content (AvgIpc) is 3.07. The third-order valence-corrected chi connectivity index (χ3v) is 5.15.